The Morgan fingerprint density at radius 1 is 1.58 bits per heavy atom. The molecule has 72 valence electrons. The molecule has 1 heterocycles. The SMILES string of the molecule is CCNS(=O)(=O)CCC1CCN1. The molecular formula is C7H16N2O2S. The second kappa shape index (κ2) is 4.20. The smallest absolute Gasteiger partial charge is 0.211 e. The van der Waals surface area contributed by atoms with Gasteiger partial charge in [0, 0.05) is 12.6 Å². The van der Waals surface area contributed by atoms with Crippen LogP contribution in [0.25, 0.3) is 0 Å². The van der Waals surface area contributed by atoms with Gasteiger partial charge < -0.3 is 5.32 Å². The highest BCUT2D eigenvalue weighted by molar-refractivity contribution is 7.89. The average Bonchev–Trinajstić information content (AvgIpc) is 1.82. The molecule has 0 aliphatic carbocycles. The van der Waals surface area contributed by atoms with E-state index in [0.717, 1.165) is 19.4 Å². The molecule has 1 rings (SSSR count). The Morgan fingerprint density at radius 3 is 2.67 bits per heavy atom. The van der Waals surface area contributed by atoms with E-state index in [1.54, 1.807) is 6.92 Å². The summed E-state index contributed by atoms with van der Waals surface area (Å²) in [6.07, 6.45) is 1.84. The molecule has 0 aromatic carbocycles. The third kappa shape index (κ3) is 3.08. The average molecular weight is 192 g/mol. The summed E-state index contributed by atoms with van der Waals surface area (Å²) in [5, 5.41) is 3.17. The Morgan fingerprint density at radius 2 is 2.25 bits per heavy atom. The summed E-state index contributed by atoms with van der Waals surface area (Å²) in [5.74, 6) is 0.249. The minimum Gasteiger partial charge on any atom is -0.314 e. The fraction of sp³-hybridized carbons (Fsp3) is 1.00. The lowest BCUT2D eigenvalue weighted by Gasteiger charge is -2.27. The van der Waals surface area contributed by atoms with E-state index in [4.69, 9.17) is 0 Å². The van der Waals surface area contributed by atoms with Gasteiger partial charge in [0.2, 0.25) is 10.0 Å². The zero-order valence-electron chi connectivity index (χ0n) is 7.34. The minimum absolute atomic E-state index is 0.249. The summed E-state index contributed by atoms with van der Waals surface area (Å²) in [7, 11) is -2.99. The Bertz CT molecular complexity index is 222. The van der Waals surface area contributed by atoms with Gasteiger partial charge in [0.15, 0.2) is 0 Å². The maximum Gasteiger partial charge on any atom is 0.211 e. The van der Waals surface area contributed by atoms with Crippen molar-refractivity contribution in [3.8, 4) is 0 Å². The molecule has 0 aromatic rings. The van der Waals surface area contributed by atoms with E-state index >= 15 is 0 Å². The van der Waals surface area contributed by atoms with Crippen LogP contribution in [0, 0.1) is 0 Å². The van der Waals surface area contributed by atoms with Crippen LogP contribution in [0.1, 0.15) is 19.8 Å². The molecule has 0 spiro atoms. The van der Waals surface area contributed by atoms with Crippen LogP contribution in [0.3, 0.4) is 0 Å². The molecule has 1 aliphatic heterocycles. The summed E-state index contributed by atoms with van der Waals surface area (Å²) in [4.78, 5) is 0. The molecule has 2 N–H and O–H groups in total. The molecule has 1 unspecified atom stereocenters. The highest BCUT2D eigenvalue weighted by Gasteiger charge is 2.19. The molecule has 1 fully saturated rings. The van der Waals surface area contributed by atoms with Crippen molar-refractivity contribution < 1.29 is 8.42 Å². The molecule has 0 amide bonds. The van der Waals surface area contributed by atoms with Gasteiger partial charge in [-0.25, -0.2) is 13.1 Å². The first kappa shape index (κ1) is 9.95. The van der Waals surface area contributed by atoms with Crippen molar-refractivity contribution in [1.82, 2.24) is 10.0 Å². The van der Waals surface area contributed by atoms with Gasteiger partial charge in [-0.15, -0.1) is 0 Å². The quantitative estimate of drug-likeness (QED) is 0.627. The zero-order valence-corrected chi connectivity index (χ0v) is 8.15. The van der Waals surface area contributed by atoms with Crippen LogP contribution in [0.2, 0.25) is 0 Å². The normalized spacial score (nSPS) is 23.6. The summed E-state index contributed by atoms with van der Waals surface area (Å²) < 4.78 is 24.7. The number of sulfonamides is 1. The lowest BCUT2D eigenvalue weighted by molar-refractivity contribution is 0.362. The molecule has 0 radical (unpaired) electrons. The van der Waals surface area contributed by atoms with Crippen LogP contribution >= 0.6 is 0 Å². The van der Waals surface area contributed by atoms with E-state index in [0.29, 0.717) is 12.6 Å². The van der Waals surface area contributed by atoms with E-state index in [9.17, 15) is 8.42 Å². The second-order valence-electron chi connectivity index (χ2n) is 3.05. The van der Waals surface area contributed by atoms with Gasteiger partial charge in [0.1, 0.15) is 0 Å². The van der Waals surface area contributed by atoms with Gasteiger partial charge in [0.05, 0.1) is 5.75 Å². The van der Waals surface area contributed by atoms with Crippen molar-refractivity contribution in [3.63, 3.8) is 0 Å². The molecule has 0 saturated carbocycles. The van der Waals surface area contributed by atoms with Gasteiger partial charge in [-0.2, -0.15) is 0 Å². The van der Waals surface area contributed by atoms with Crippen molar-refractivity contribution in [3.05, 3.63) is 0 Å². The van der Waals surface area contributed by atoms with Crippen molar-refractivity contribution in [2.45, 2.75) is 25.8 Å². The van der Waals surface area contributed by atoms with Gasteiger partial charge >= 0.3 is 0 Å². The predicted octanol–water partition coefficient (Wildman–Crippen LogP) is -0.322. The van der Waals surface area contributed by atoms with Gasteiger partial charge in [-0.05, 0) is 19.4 Å². The Labute approximate surface area is 73.8 Å². The molecule has 1 atom stereocenters. The molecule has 12 heavy (non-hydrogen) atoms. The lowest BCUT2D eigenvalue weighted by atomic mass is 10.1. The van der Waals surface area contributed by atoms with E-state index in [-0.39, 0.29) is 5.75 Å². The Kier molecular flexibility index (Phi) is 3.49. The topological polar surface area (TPSA) is 58.2 Å². The summed E-state index contributed by atoms with van der Waals surface area (Å²) in [6, 6.07) is 0.429. The number of hydrogen-bond donors (Lipinski definition) is 2. The molecular weight excluding hydrogens is 176 g/mol. The molecule has 5 heteroatoms. The fourth-order valence-corrected chi connectivity index (χ4v) is 2.36. The largest absolute Gasteiger partial charge is 0.314 e. The Hall–Kier alpha value is -0.130. The molecule has 0 aromatic heterocycles. The summed E-state index contributed by atoms with van der Waals surface area (Å²) in [6.45, 7) is 3.31. The van der Waals surface area contributed by atoms with Crippen molar-refractivity contribution in [1.29, 1.82) is 0 Å². The number of rotatable bonds is 5. The van der Waals surface area contributed by atoms with Crippen LogP contribution in [0.15, 0.2) is 0 Å². The van der Waals surface area contributed by atoms with Gasteiger partial charge in [-0.3, -0.25) is 0 Å². The van der Waals surface area contributed by atoms with Gasteiger partial charge in [0.25, 0.3) is 0 Å². The summed E-state index contributed by atoms with van der Waals surface area (Å²) >= 11 is 0. The van der Waals surface area contributed by atoms with Gasteiger partial charge in [-0.1, -0.05) is 6.92 Å². The summed E-state index contributed by atoms with van der Waals surface area (Å²) in [5.41, 5.74) is 0. The van der Waals surface area contributed by atoms with Crippen LogP contribution in [0.5, 0.6) is 0 Å². The highest BCUT2D eigenvalue weighted by atomic mass is 32.2. The zero-order chi connectivity index (χ0) is 9.03. The third-order valence-corrected chi connectivity index (χ3v) is 3.53. The Balaban J connectivity index is 2.20. The van der Waals surface area contributed by atoms with Crippen molar-refractivity contribution >= 4 is 10.0 Å². The number of nitrogens with one attached hydrogen (secondary N) is 2. The molecule has 1 saturated heterocycles. The lowest BCUT2D eigenvalue weighted by Crippen LogP contribution is -2.44. The van der Waals surface area contributed by atoms with Crippen molar-refractivity contribution in [2.75, 3.05) is 18.8 Å². The van der Waals surface area contributed by atoms with E-state index in [2.05, 4.69) is 10.0 Å². The van der Waals surface area contributed by atoms with Crippen LogP contribution in [-0.2, 0) is 10.0 Å². The monoisotopic (exact) mass is 192 g/mol. The first-order valence-corrected chi connectivity index (χ1v) is 6.00. The molecule has 1 aliphatic rings. The van der Waals surface area contributed by atoms with E-state index in [1.165, 1.54) is 0 Å². The fourth-order valence-electron chi connectivity index (χ4n) is 1.18. The maximum atomic E-state index is 11.1. The van der Waals surface area contributed by atoms with Crippen molar-refractivity contribution in [2.24, 2.45) is 0 Å². The number of hydrogen-bond acceptors (Lipinski definition) is 3. The second-order valence-corrected chi connectivity index (χ2v) is 4.97. The highest BCUT2D eigenvalue weighted by Crippen LogP contribution is 2.07. The molecule has 4 nitrogen and oxygen atoms in total. The molecule has 0 bridgehead atoms. The van der Waals surface area contributed by atoms with E-state index in [1.807, 2.05) is 0 Å². The third-order valence-electron chi connectivity index (χ3n) is 2.03. The standard InChI is InChI=1S/C7H16N2O2S/c1-2-9-12(10,11)6-4-7-3-5-8-7/h7-9H,2-6H2,1H3. The van der Waals surface area contributed by atoms with E-state index < -0.39 is 10.0 Å². The first-order chi connectivity index (χ1) is 5.64. The van der Waals surface area contributed by atoms with Crippen LogP contribution in [0.4, 0.5) is 0 Å². The minimum atomic E-state index is -2.99. The maximum absolute atomic E-state index is 11.1. The van der Waals surface area contributed by atoms with Crippen LogP contribution in [-0.4, -0.2) is 33.3 Å². The predicted molar refractivity (Wildman–Crippen MR) is 48.5 cm³/mol. The first-order valence-electron chi connectivity index (χ1n) is 4.35. The van der Waals surface area contributed by atoms with Crippen LogP contribution < -0.4 is 10.0 Å².